The zero-order valence-electron chi connectivity index (χ0n) is 3.33. The van der Waals surface area contributed by atoms with Crippen LogP contribution in [0.2, 0.25) is 0 Å². The minimum Gasteiger partial charge on any atom is -0.748 e. The predicted octanol–water partition coefficient (Wildman–Crippen LogP) is -1.27. The SMILES string of the molecule is O=CCS(=O)(=O)[O-]. The lowest BCUT2D eigenvalue weighted by molar-refractivity contribution is -0.105. The lowest BCUT2D eigenvalue weighted by Gasteiger charge is -1.96. The third-order valence-corrected chi connectivity index (χ3v) is 0.816. The van der Waals surface area contributed by atoms with Crippen molar-refractivity contribution in [1.82, 2.24) is 0 Å². The first-order valence-corrected chi connectivity index (χ1v) is 3.01. The molecule has 0 heterocycles. The molecule has 0 unspecified atom stereocenters. The molecule has 0 bridgehead atoms. The van der Waals surface area contributed by atoms with Gasteiger partial charge in [-0.3, -0.25) is 0 Å². The maximum atomic E-state index is 9.44. The van der Waals surface area contributed by atoms with Crippen LogP contribution in [0, 0.1) is 0 Å². The Bertz CT molecular complexity index is 143. The van der Waals surface area contributed by atoms with Crippen LogP contribution in [0.4, 0.5) is 0 Å². The molecular formula is C2H3O4S-. The highest BCUT2D eigenvalue weighted by Gasteiger charge is 1.87. The van der Waals surface area contributed by atoms with Crippen LogP contribution in [0.25, 0.3) is 0 Å². The fourth-order valence-corrected chi connectivity index (χ4v) is 0.250. The van der Waals surface area contributed by atoms with E-state index < -0.39 is 15.9 Å². The highest BCUT2D eigenvalue weighted by atomic mass is 32.2. The van der Waals surface area contributed by atoms with Gasteiger partial charge in [0.15, 0.2) is 0 Å². The zero-order chi connectivity index (χ0) is 5.91. The van der Waals surface area contributed by atoms with Gasteiger partial charge in [0.1, 0.15) is 16.4 Å². The zero-order valence-corrected chi connectivity index (χ0v) is 4.14. The van der Waals surface area contributed by atoms with E-state index >= 15 is 0 Å². The summed E-state index contributed by atoms with van der Waals surface area (Å²) in [5.74, 6) is -0.924. The highest BCUT2D eigenvalue weighted by molar-refractivity contribution is 7.86. The maximum Gasteiger partial charge on any atom is 0.133 e. The van der Waals surface area contributed by atoms with Crippen molar-refractivity contribution in [3.8, 4) is 0 Å². The van der Waals surface area contributed by atoms with E-state index in [1.807, 2.05) is 0 Å². The second-order valence-electron chi connectivity index (χ2n) is 0.891. The van der Waals surface area contributed by atoms with Gasteiger partial charge in [0, 0.05) is 0 Å². The van der Waals surface area contributed by atoms with Gasteiger partial charge >= 0.3 is 0 Å². The third-order valence-electron chi connectivity index (χ3n) is 0.272. The Kier molecular flexibility index (Phi) is 1.91. The van der Waals surface area contributed by atoms with Gasteiger partial charge in [-0.05, 0) is 0 Å². The molecule has 0 aliphatic rings. The van der Waals surface area contributed by atoms with Gasteiger partial charge in [0.25, 0.3) is 0 Å². The molecule has 0 aromatic rings. The van der Waals surface area contributed by atoms with E-state index in [0.29, 0.717) is 0 Å². The molecule has 42 valence electrons. The summed E-state index contributed by atoms with van der Waals surface area (Å²) in [6.45, 7) is 0. The smallest absolute Gasteiger partial charge is 0.133 e. The fraction of sp³-hybridized carbons (Fsp3) is 0.500. The van der Waals surface area contributed by atoms with E-state index in [1.165, 1.54) is 0 Å². The van der Waals surface area contributed by atoms with Crippen molar-refractivity contribution in [3.05, 3.63) is 0 Å². The van der Waals surface area contributed by atoms with Crippen LogP contribution >= 0.6 is 0 Å². The van der Waals surface area contributed by atoms with E-state index in [0.717, 1.165) is 0 Å². The minimum atomic E-state index is -4.29. The molecule has 0 N–H and O–H groups in total. The van der Waals surface area contributed by atoms with Gasteiger partial charge in [0.05, 0.1) is 5.75 Å². The van der Waals surface area contributed by atoms with Crippen LogP contribution < -0.4 is 0 Å². The van der Waals surface area contributed by atoms with Crippen molar-refractivity contribution in [2.24, 2.45) is 0 Å². The summed E-state index contributed by atoms with van der Waals surface area (Å²) >= 11 is 0. The van der Waals surface area contributed by atoms with Crippen molar-refractivity contribution < 1.29 is 17.8 Å². The lowest BCUT2D eigenvalue weighted by atomic mass is 10.9. The molecule has 7 heavy (non-hydrogen) atoms. The van der Waals surface area contributed by atoms with E-state index in [9.17, 15) is 17.8 Å². The van der Waals surface area contributed by atoms with Gasteiger partial charge < -0.3 is 9.35 Å². The van der Waals surface area contributed by atoms with Gasteiger partial charge in [-0.1, -0.05) is 0 Å². The molecule has 0 aromatic carbocycles. The van der Waals surface area contributed by atoms with Crippen LogP contribution in [0.5, 0.6) is 0 Å². The Morgan fingerprint density at radius 1 is 1.57 bits per heavy atom. The van der Waals surface area contributed by atoms with Gasteiger partial charge in [-0.2, -0.15) is 0 Å². The molecule has 0 atom stereocenters. The molecule has 5 heteroatoms. The fourth-order valence-electron chi connectivity index (χ4n) is 0.0833. The first-order valence-electron chi connectivity index (χ1n) is 1.43. The van der Waals surface area contributed by atoms with Gasteiger partial charge in [-0.15, -0.1) is 0 Å². The molecule has 0 spiro atoms. The van der Waals surface area contributed by atoms with Crippen LogP contribution in [-0.4, -0.2) is 25.0 Å². The number of carbonyl (C=O) groups excluding carboxylic acids is 1. The van der Waals surface area contributed by atoms with E-state index in [2.05, 4.69) is 0 Å². The van der Waals surface area contributed by atoms with Gasteiger partial charge in [0.2, 0.25) is 0 Å². The predicted molar refractivity (Wildman–Crippen MR) is 20.6 cm³/mol. The quantitative estimate of drug-likeness (QED) is 0.339. The largest absolute Gasteiger partial charge is 0.748 e. The molecule has 4 nitrogen and oxygen atoms in total. The number of hydrogen-bond acceptors (Lipinski definition) is 4. The lowest BCUT2D eigenvalue weighted by Crippen LogP contribution is -2.04. The Balaban J connectivity index is 3.84. The van der Waals surface area contributed by atoms with Crippen molar-refractivity contribution >= 4 is 16.4 Å². The second-order valence-corrected chi connectivity index (χ2v) is 2.34. The molecule has 0 saturated heterocycles. The van der Waals surface area contributed by atoms with Crippen molar-refractivity contribution in [1.29, 1.82) is 0 Å². The molecule has 0 rings (SSSR count). The van der Waals surface area contributed by atoms with E-state index in [1.54, 1.807) is 0 Å². The summed E-state index contributed by atoms with van der Waals surface area (Å²) in [6.07, 6.45) is 0.0579. The van der Waals surface area contributed by atoms with Crippen LogP contribution in [0.1, 0.15) is 0 Å². The molecule has 0 aliphatic heterocycles. The van der Waals surface area contributed by atoms with Crippen LogP contribution in [-0.2, 0) is 14.9 Å². The van der Waals surface area contributed by atoms with Gasteiger partial charge in [-0.25, -0.2) is 8.42 Å². The molecular weight excluding hydrogens is 120 g/mol. The normalized spacial score (nSPS) is 11.0. The summed E-state index contributed by atoms with van der Waals surface area (Å²) in [5.41, 5.74) is 0. The van der Waals surface area contributed by atoms with Crippen molar-refractivity contribution in [3.63, 3.8) is 0 Å². The average Bonchev–Trinajstić information content (AvgIpc) is 1.30. The molecule has 0 aromatic heterocycles. The highest BCUT2D eigenvalue weighted by Crippen LogP contribution is 1.72. The summed E-state index contributed by atoms with van der Waals surface area (Å²) in [5, 5.41) is 0. The number of carbonyl (C=O) groups is 1. The topological polar surface area (TPSA) is 74.3 Å². The van der Waals surface area contributed by atoms with Crippen molar-refractivity contribution in [2.75, 3.05) is 5.75 Å². The summed E-state index contributed by atoms with van der Waals surface area (Å²) in [4.78, 5) is 9.24. The first-order chi connectivity index (χ1) is 3.06. The number of aldehydes is 1. The van der Waals surface area contributed by atoms with Crippen LogP contribution in [0.15, 0.2) is 0 Å². The maximum absolute atomic E-state index is 9.44. The number of rotatable bonds is 2. The minimum absolute atomic E-state index is 0.0579. The Hall–Kier alpha value is -0.420. The summed E-state index contributed by atoms with van der Waals surface area (Å²) < 4.78 is 28.3. The average molecular weight is 123 g/mol. The molecule has 0 amide bonds. The van der Waals surface area contributed by atoms with E-state index in [-0.39, 0.29) is 6.29 Å². The third kappa shape index (κ3) is 5.58. The Morgan fingerprint density at radius 2 is 2.00 bits per heavy atom. The number of hydrogen-bond donors (Lipinski definition) is 0. The molecule has 0 saturated carbocycles. The summed E-state index contributed by atoms with van der Waals surface area (Å²) in [6, 6.07) is 0. The molecule has 0 radical (unpaired) electrons. The Labute approximate surface area is 40.9 Å². The monoisotopic (exact) mass is 123 g/mol. The van der Waals surface area contributed by atoms with Crippen LogP contribution in [0.3, 0.4) is 0 Å². The van der Waals surface area contributed by atoms with E-state index in [4.69, 9.17) is 0 Å². The molecule has 0 fully saturated rings. The summed E-state index contributed by atoms with van der Waals surface area (Å²) in [7, 11) is -4.29. The standard InChI is InChI=1S/C2H4O4S/c3-1-2-7(4,5)6/h1H,2H2,(H,4,5,6)/p-1. The second kappa shape index (κ2) is 2.04. The van der Waals surface area contributed by atoms with Crippen molar-refractivity contribution in [2.45, 2.75) is 0 Å². The Morgan fingerprint density at radius 3 is 2.00 bits per heavy atom. The molecule has 0 aliphatic carbocycles. The first kappa shape index (κ1) is 6.58.